The van der Waals surface area contributed by atoms with Crippen molar-refractivity contribution in [1.82, 2.24) is 4.90 Å². The maximum Gasteiger partial charge on any atom is 0.225 e. The van der Waals surface area contributed by atoms with Gasteiger partial charge < -0.3 is 10.6 Å². The minimum absolute atomic E-state index is 0.209. The van der Waals surface area contributed by atoms with E-state index >= 15 is 0 Å². The summed E-state index contributed by atoms with van der Waals surface area (Å²) in [4.78, 5) is 14.9. The SMILES string of the molecule is CCCCN(C(=O)C1CCC(N)C(C)C1)C(C)CC. The predicted molar refractivity (Wildman–Crippen MR) is 80.9 cm³/mol. The van der Waals surface area contributed by atoms with Crippen molar-refractivity contribution in [2.75, 3.05) is 6.54 Å². The number of rotatable bonds is 6. The Kier molecular flexibility index (Phi) is 6.84. The van der Waals surface area contributed by atoms with Crippen molar-refractivity contribution < 1.29 is 4.79 Å². The van der Waals surface area contributed by atoms with Gasteiger partial charge in [-0.15, -0.1) is 0 Å². The summed E-state index contributed by atoms with van der Waals surface area (Å²) in [5.74, 6) is 1.06. The molecule has 3 heteroatoms. The van der Waals surface area contributed by atoms with Gasteiger partial charge in [0.25, 0.3) is 0 Å². The Morgan fingerprint density at radius 2 is 2.05 bits per heavy atom. The lowest BCUT2D eigenvalue weighted by Gasteiger charge is -2.36. The number of carbonyl (C=O) groups excluding carboxylic acids is 1. The van der Waals surface area contributed by atoms with Crippen molar-refractivity contribution >= 4 is 5.91 Å². The molecule has 1 saturated carbocycles. The molecule has 112 valence electrons. The number of carbonyl (C=O) groups is 1. The molecule has 0 aromatic carbocycles. The third-order valence-electron chi connectivity index (χ3n) is 4.74. The van der Waals surface area contributed by atoms with Gasteiger partial charge in [0, 0.05) is 24.5 Å². The van der Waals surface area contributed by atoms with E-state index in [0.29, 0.717) is 17.9 Å². The quantitative estimate of drug-likeness (QED) is 0.804. The first-order chi connectivity index (χ1) is 9.01. The summed E-state index contributed by atoms with van der Waals surface area (Å²) < 4.78 is 0. The smallest absolute Gasteiger partial charge is 0.225 e. The van der Waals surface area contributed by atoms with E-state index in [1.807, 2.05) is 0 Å². The van der Waals surface area contributed by atoms with E-state index < -0.39 is 0 Å². The molecule has 0 heterocycles. The lowest BCUT2D eigenvalue weighted by molar-refractivity contribution is -0.139. The Morgan fingerprint density at radius 1 is 1.37 bits per heavy atom. The molecule has 4 atom stereocenters. The van der Waals surface area contributed by atoms with Crippen molar-refractivity contribution in [3.8, 4) is 0 Å². The molecule has 1 rings (SSSR count). The van der Waals surface area contributed by atoms with E-state index in [-0.39, 0.29) is 12.0 Å². The Hall–Kier alpha value is -0.570. The molecule has 3 nitrogen and oxygen atoms in total. The third-order valence-corrected chi connectivity index (χ3v) is 4.74. The van der Waals surface area contributed by atoms with Crippen molar-refractivity contribution in [3.63, 3.8) is 0 Å². The molecule has 0 aromatic heterocycles. The molecule has 2 N–H and O–H groups in total. The molecule has 0 saturated heterocycles. The molecule has 0 bridgehead atoms. The summed E-state index contributed by atoms with van der Waals surface area (Å²) in [6.45, 7) is 9.62. The highest BCUT2D eigenvalue weighted by atomic mass is 16.2. The van der Waals surface area contributed by atoms with Gasteiger partial charge in [-0.25, -0.2) is 0 Å². The molecule has 1 aliphatic carbocycles. The Morgan fingerprint density at radius 3 is 2.58 bits per heavy atom. The lowest BCUT2D eigenvalue weighted by atomic mass is 9.78. The topological polar surface area (TPSA) is 46.3 Å². The lowest BCUT2D eigenvalue weighted by Crippen LogP contribution is -2.46. The van der Waals surface area contributed by atoms with Crippen LogP contribution in [-0.2, 0) is 4.79 Å². The molecular formula is C16H32N2O. The molecule has 1 amide bonds. The highest BCUT2D eigenvalue weighted by Gasteiger charge is 2.33. The van der Waals surface area contributed by atoms with Crippen LogP contribution in [0.1, 0.15) is 66.2 Å². The minimum atomic E-state index is 0.209. The highest BCUT2D eigenvalue weighted by Crippen LogP contribution is 2.30. The standard InChI is InChI=1S/C16H32N2O/c1-5-7-10-18(13(4)6-2)16(19)14-8-9-15(17)12(3)11-14/h12-15H,5-11,17H2,1-4H3. The van der Waals surface area contributed by atoms with Crippen LogP contribution in [0.5, 0.6) is 0 Å². The summed E-state index contributed by atoms with van der Waals surface area (Å²) in [7, 11) is 0. The van der Waals surface area contributed by atoms with E-state index in [2.05, 4.69) is 32.6 Å². The second kappa shape index (κ2) is 7.88. The van der Waals surface area contributed by atoms with Crippen LogP contribution in [0.3, 0.4) is 0 Å². The number of unbranched alkanes of at least 4 members (excludes halogenated alkanes) is 1. The molecule has 4 unspecified atom stereocenters. The molecule has 0 aromatic rings. The van der Waals surface area contributed by atoms with Crippen LogP contribution in [0.15, 0.2) is 0 Å². The molecule has 0 radical (unpaired) electrons. The maximum atomic E-state index is 12.7. The van der Waals surface area contributed by atoms with Gasteiger partial charge in [0.05, 0.1) is 0 Å². The number of hydrogen-bond donors (Lipinski definition) is 1. The van der Waals surface area contributed by atoms with Crippen LogP contribution in [0.4, 0.5) is 0 Å². The summed E-state index contributed by atoms with van der Waals surface area (Å²) in [5, 5.41) is 0. The van der Waals surface area contributed by atoms with E-state index in [4.69, 9.17) is 5.73 Å². The largest absolute Gasteiger partial charge is 0.340 e. The normalized spacial score (nSPS) is 29.0. The monoisotopic (exact) mass is 268 g/mol. The maximum absolute atomic E-state index is 12.7. The second-order valence-electron chi connectivity index (χ2n) is 6.29. The number of hydrogen-bond acceptors (Lipinski definition) is 2. The molecule has 1 fully saturated rings. The van der Waals surface area contributed by atoms with Gasteiger partial charge in [-0.3, -0.25) is 4.79 Å². The van der Waals surface area contributed by atoms with Gasteiger partial charge in [0.2, 0.25) is 5.91 Å². The highest BCUT2D eigenvalue weighted by molar-refractivity contribution is 5.79. The average molecular weight is 268 g/mol. The Bertz CT molecular complexity index is 280. The molecule has 0 spiro atoms. The molecule has 1 aliphatic rings. The fraction of sp³-hybridized carbons (Fsp3) is 0.938. The van der Waals surface area contributed by atoms with Crippen molar-refractivity contribution in [2.24, 2.45) is 17.6 Å². The van der Waals surface area contributed by atoms with E-state index in [1.54, 1.807) is 0 Å². The van der Waals surface area contributed by atoms with Crippen LogP contribution in [0, 0.1) is 11.8 Å². The third kappa shape index (κ3) is 4.48. The summed E-state index contributed by atoms with van der Waals surface area (Å²) in [6.07, 6.45) is 6.24. The van der Waals surface area contributed by atoms with Gasteiger partial charge in [-0.1, -0.05) is 27.2 Å². The van der Waals surface area contributed by atoms with E-state index in [9.17, 15) is 4.79 Å². The number of amides is 1. The summed E-state index contributed by atoms with van der Waals surface area (Å²) in [6, 6.07) is 0.654. The van der Waals surface area contributed by atoms with Crippen molar-refractivity contribution in [1.29, 1.82) is 0 Å². The van der Waals surface area contributed by atoms with Crippen molar-refractivity contribution in [3.05, 3.63) is 0 Å². The van der Waals surface area contributed by atoms with Crippen LogP contribution >= 0.6 is 0 Å². The zero-order valence-electron chi connectivity index (χ0n) is 13.2. The first-order valence-electron chi connectivity index (χ1n) is 8.07. The van der Waals surface area contributed by atoms with Gasteiger partial charge >= 0.3 is 0 Å². The zero-order valence-corrected chi connectivity index (χ0v) is 13.2. The minimum Gasteiger partial charge on any atom is -0.340 e. The predicted octanol–water partition coefficient (Wildman–Crippen LogP) is 3.18. The summed E-state index contributed by atoms with van der Waals surface area (Å²) >= 11 is 0. The first kappa shape index (κ1) is 16.5. The van der Waals surface area contributed by atoms with Crippen LogP contribution in [0.25, 0.3) is 0 Å². The number of nitrogens with two attached hydrogens (primary N) is 1. The Balaban J connectivity index is 2.65. The van der Waals surface area contributed by atoms with Gasteiger partial charge in [0.15, 0.2) is 0 Å². The van der Waals surface area contributed by atoms with Crippen LogP contribution < -0.4 is 5.73 Å². The van der Waals surface area contributed by atoms with E-state index in [0.717, 1.165) is 45.1 Å². The number of nitrogens with zero attached hydrogens (tertiary/aromatic N) is 1. The second-order valence-corrected chi connectivity index (χ2v) is 6.29. The van der Waals surface area contributed by atoms with Gasteiger partial charge in [-0.2, -0.15) is 0 Å². The fourth-order valence-electron chi connectivity index (χ4n) is 2.98. The zero-order chi connectivity index (χ0) is 14.4. The Labute approximate surface area is 118 Å². The fourth-order valence-corrected chi connectivity index (χ4v) is 2.98. The summed E-state index contributed by atoms with van der Waals surface area (Å²) in [5.41, 5.74) is 6.06. The molecular weight excluding hydrogens is 236 g/mol. The average Bonchev–Trinajstić information content (AvgIpc) is 2.41. The van der Waals surface area contributed by atoms with Gasteiger partial charge in [0.1, 0.15) is 0 Å². The van der Waals surface area contributed by atoms with Crippen molar-refractivity contribution in [2.45, 2.75) is 78.3 Å². The molecule has 0 aliphatic heterocycles. The molecule has 19 heavy (non-hydrogen) atoms. The van der Waals surface area contributed by atoms with E-state index in [1.165, 1.54) is 0 Å². The van der Waals surface area contributed by atoms with Gasteiger partial charge in [-0.05, 0) is 44.9 Å². The van der Waals surface area contributed by atoms with Crippen LogP contribution in [0.2, 0.25) is 0 Å². The van der Waals surface area contributed by atoms with Crippen LogP contribution in [-0.4, -0.2) is 29.4 Å². The first-order valence-corrected chi connectivity index (χ1v) is 8.07.